The van der Waals surface area contributed by atoms with Gasteiger partial charge in [0, 0.05) is 12.8 Å². The summed E-state index contributed by atoms with van der Waals surface area (Å²) >= 11 is 0. The summed E-state index contributed by atoms with van der Waals surface area (Å²) in [5.41, 5.74) is -2.39. The fraction of sp³-hybridized carbons (Fsp3) is 0.875. The molecule has 0 fully saturated rings. The van der Waals surface area contributed by atoms with E-state index in [1.54, 1.807) is 0 Å². The van der Waals surface area contributed by atoms with E-state index in [1.165, 1.54) is 13.8 Å². The second-order valence-electron chi connectivity index (χ2n) is 3.35. The van der Waals surface area contributed by atoms with Crippen molar-refractivity contribution in [2.75, 3.05) is 0 Å². The molecule has 0 aliphatic carbocycles. The van der Waals surface area contributed by atoms with Crippen LogP contribution in [0.3, 0.4) is 0 Å². The summed E-state index contributed by atoms with van der Waals surface area (Å²) in [7, 11) is 0. The summed E-state index contributed by atoms with van der Waals surface area (Å²) in [5, 5.41) is 0. The van der Waals surface area contributed by atoms with Crippen molar-refractivity contribution >= 4 is 5.97 Å². The zero-order valence-electron chi connectivity index (χ0n) is 8.03. The van der Waals surface area contributed by atoms with Crippen molar-refractivity contribution in [1.82, 2.24) is 0 Å². The number of alkyl halides is 3. The molecule has 0 aliphatic rings. The molecular weight excluding hydrogens is 185 g/mol. The smallest absolute Gasteiger partial charge is 0.428 e. The molecular formula is C8H13F3O2. The maximum atomic E-state index is 12.4. The van der Waals surface area contributed by atoms with Crippen LogP contribution in [0.15, 0.2) is 0 Å². The van der Waals surface area contributed by atoms with E-state index >= 15 is 0 Å². The normalized spacial score (nSPS) is 16.9. The Morgan fingerprint density at radius 3 is 1.77 bits per heavy atom. The summed E-state index contributed by atoms with van der Waals surface area (Å²) in [6.07, 6.45) is -4.53. The van der Waals surface area contributed by atoms with Crippen molar-refractivity contribution in [3.05, 3.63) is 0 Å². The van der Waals surface area contributed by atoms with E-state index in [9.17, 15) is 18.0 Å². The van der Waals surface area contributed by atoms with Crippen molar-refractivity contribution in [3.8, 4) is 0 Å². The average molecular weight is 198 g/mol. The quantitative estimate of drug-likeness (QED) is 0.637. The number of ether oxygens (including phenoxy) is 1. The maximum Gasteiger partial charge on any atom is 0.428 e. The molecule has 0 aromatic carbocycles. The number of hydrogen-bond acceptors (Lipinski definition) is 2. The summed E-state index contributed by atoms with van der Waals surface area (Å²) < 4.78 is 41.6. The summed E-state index contributed by atoms with van der Waals surface area (Å²) in [6, 6.07) is 0. The van der Waals surface area contributed by atoms with Gasteiger partial charge in [0.05, 0.1) is 0 Å². The largest absolute Gasteiger partial charge is 0.450 e. The molecule has 0 heterocycles. The van der Waals surface area contributed by atoms with E-state index in [1.807, 2.05) is 0 Å². The Morgan fingerprint density at radius 1 is 1.31 bits per heavy atom. The van der Waals surface area contributed by atoms with Crippen LogP contribution < -0.4 is 0 Å². The Bertz CT molecular complexity index is 198. The highest BCUT2D eigenvalue weighted by Gasteiger charge is 2.56. The average Bonchev–Trinajstić information content (AvgIpc) is 1.82. The number of halogens is 3. The van der Waals surface area contributed by atoms with Gasteiger partial charge in [-0.25, -0.2) is 0 Å². The van der Waals surface area contributed by atoms with Crippen LogP contribution in [0.25, 0.3) is 0 Å². The first-order valence-corrected chi connectivity index (χ1v) is 3.87. The van der Waals surface area contributed by atoms with Gasteiger partial charge in [-0.1, -0.05) is 13.8 Å². The number of esters is 1. The summed E-state index contributed by atoms with van der Waals surface area (Å²) in [6.45, 7) is 4.55. The van der Waals surface area contributed by atoms with E-state index in [-0.39, 0.29) is 0 Å². The zero-order chi connectivity index (χ0) is 10.9. The van der Waals surface area contributed by atoms with Gasteiger partial charge in [-0.2, -0.15) is 13.2 Å². The van der Waals surface area contributed by atoms with Gasteiger partial charge in [0.15, 0.2) is 0 Å². The molecule has 2 nitrogen and oxygen atoms in total. The Kier molecular flexibility index (Phi) is 3.35. The molecule has 13 heavy (non-hydrogen) atoms. The Balaban J connectivity index is 4.85. The number of hydrogen-bond donors (Lipinski definition) is 0. The number of rotatable bonds is 2. The van der Waals surface area contributed by atoms with Crippen LogP contribution in [-0.4, -0.2) is 17.7 Å². The van der Waals surface area contributed by atoms with Gasteiger partial charge in [-0.15, -0.1) is 0 Å². The lowest BCUT2D eigenvalue weighted by molar-refractivity contribution is -0.276. The molecule has 78 valence electrons. The molecule has 0 bridgehead atoms. The summed E-state index contributed by atoms with van der Waals surface area (Å²) in [4.78, 5) is 10.5. The molecule has 1 atom stereocenters. The van der Waals surface area contributed by atoms with Crippen molar-refractivity contribution in [3.63, 3.8) is 0 Å². The molecule has 0 radical (unpaired) electrons. The van der Waals surface area contributed by atoms with Crippen LogP contribution in [-0.2, 0) is 9.53 Å². The van der Waals surface area contributed by atoms with E-state index in [0.717, 1.165) is 13.8 Å². The van der Waals surface area contributed by atoms with Crippen LogP contribution in [0, 0.1) is 5.92 Å². The Hall–Kier alpha value is -0.740. The number of carbonyl (C=O) groups is 1. The highest BCUT2D eigenvalue weighted by atomic mass is 19.4. The molecule has 0 N–H and O–H groups in total. The van der Waals surface area contributed by atoms with Gasteiger partial charge >= 0.3 is 12.1 Å². The molecule has 0 saturated carbocycles. The molecule has 0 aliphatic heterocycles. The minimum absolute atomic E-state index is 0.809. The molecule has 0 rings (SSSR count). The molecule has 0 amide bonds. The van der Waals surface area contributed by atoms with Crippen molar-refractivity contribution in [2.24, 2.45) is 5.92 Å². The highest BCUT2D eigenvalue weighted by molar-refractivity contribution is 5.66. The Labute approximate surface area is 75.1 Å². The molecule has 5 heteroatoms. The van der Waals surface area contributed by atoms with Crippen LogP contribution >= 0.6 is 0 Å². The van der Waals surface area contributed by atoms with E-state index in [0.29, 0.717) is 0 Å². The van der Waals surface area contributed by atoms with E-state index in [2.05, 4.69) is 4.74 Å². The van der Waals surface area contributed by atoms with Gasteiger partial charge in [0.2, 0.25) is 5.60 Å². The number of carbonyl (C=O) groups excluding carboxylic acids is 1. The van der Waals surface area contributed by atoms with Crippen molar-refractivity contribution in [1.29, 1.82) is 0 Å². The van der Waals surface area contributed by atoms with Gasteiger partial charge < -0.3 is 4.74 Å². The monoisotopic (exact) mass is 198 g/mol. The third-order valence-corrected chi connectivity index (χ3v) is 2.02. The predicted molar refractivity (Wildman–Crippen MR) is 41.1 cm³/mol. The fourth-order valence-electron chi connectivity index (χ4n) is 0.802. The van der Waals surface area contributed by atoms with Crippen LogP contribution in [0.2, 0.25) is 0 Å². The molecule has 1 unspecified atom stereocenters. The maximum absolute atomic E-state index is 12.4. The minimum Gasteiger partial charge on any atom is -0.450 e. The van der Waals surface area contributed by atoms with Gasteiger partial charge in [0.1, 0.15) is 0 Å². The molecule has 0 aromatic rings. The first-order chi connectivity index (χ1) is 5.61. The van der Waals surface area contributed by atoms with Crippen molar-refractivity contribution < 1.29 is 22.7 Å². The summed E-state index contributed by atoms with van der Waals surface area (Å²) in [5.74, 6) is -1.73. The van der Waals surface area contributed by atoms with Gasteiger partial charge in [0.25, 0.3) is 0 Å². The molecule has 0 aromatic heterocycles. The van der Waals surface area contributed by atoms with Gasteiger partial charge in [-0.3, -0.25) is 4.79 Å². The fourth-order valence-corrected chi connectivity index (χ4v) is 0.802. The topological polar surface area (TPSA) is 26.3 Å². The SMILES string of the molecule is CC(=O)OC(C)(C(C)C)C(F)(F)F. The first kappa shape index (κ1) is 12.3. The highest BCUT2D eigenvalue weighted by Crippen LogP contribution is 2.39. The van der Waals surface area contributed by atoms with Gasteiger partial charge in [-0.05, 0) is 6.92 Å². The second-order valence-corrected chi connectivity index (χ2v) is 3.35. The van der Waals surface area contributed by atoms with Crippen LogP contribution in [0.5, 0.6) is 0 Å². The standard InChI is InChI=1S/C8H13F3O2/c1-5(2)7(4,8(9,10)11)13-6(3)12/h5H,1-4H3. The van der Waals surface area contributed by atoms with E-state index in [4.69, 9.17) is 0 Å². The lowest BCUT2D eigenvalue weighted by atomic mass is 9.91. The Morgan fingerprint density at radius 2 is 1.69 bits per heavy atom. The minimum atomic E-state index is -4.53. The third-order valence-electron chi connectivity index (χ3n) is 2.02. The van der Waals surface area contributed by atoms with Crippen molar-refractivity contribution in [2.45, 2.75) is 39.5 Å². The second kappa shape index (κ2) is 3.55. The molecule has 0 saturated heterocycles. The zero-order valence-corrected chi connectivity index (χ0v) is 8.03. The lowest BCUT2D eigenvalue weighted by Gasteiger charge is -2.34. The third kappa shape index (κ3) is 2.60. The van der Waals surface area contributed by atoms with E-state index < -0.39 is 23.7 Å². The predicted octanol–water partition coefficient (Wildman–Crippen LogP) is 2.53. The first-order valence-electron chi connectivity index (χ1n) is 3.87. The lowest BCUT2D eigenvalue weighted by Crippen LogP contribution is -2.50. The van der Waals surface area contributed by atoms with Crippen LogP contribution in [0.1, 0.15) is 27.7 Å². The van der Waals surface area contributed by atoms with Crippen LogP contribution in [0.4, 0.5) is 13.2 Å². The molecule has 0 spiro atoms.